The van der Waals surface area contributed by atoms with Crippen LogP contribution in [0.15, 0.2) is 52.1 Å². The molecule has 0 bridgehead atoms. The number of carbonyl (C=O) groups is 1. The second-order valence-corrected chi connectivity index (χ2v) is 11.5. The van der Waals surface area contributed by atoms with E-state index in [-0.39, 0.29) is 21.0 Å². The highest BCUT2D eigenvalue weighted by atomic mass is 32.3. The lowest BCUT2D eigenvalue weighted by Crippen LogP contribution is -2.35. The summed E-state index contributed by atoms with van der Waals surface area (Å²) < 4.78 is 40.8. The molecule has 2 heterocycles. The molecular weight excluding hydrogens is 516 g/mol. The molecule has 0 spiro atoms. The van der Waals surface area contributed by atoms with Crippen molar-refractivity contribution >= 4 is 49.0 Å². The van der Waals surface area contributed by atoms with Gasteiger partial charge in [0.05, 0.1) is 12.2 Å². The van der Waals surface area contributed by atoms with E-state index in [1.54, 1.807) is 18.2 Å². The van der Waals surface area contributed by atoms with Crippen molar-refractivity contribution in [2.75, 3.05) is 26.1 Å². The maximum Gasteiger partial charge on any atom is 0.283 e. The summed E-state index contributed by atoms with van der Waals surface area (Å²) in [5.41, 5.74) is 2.79. The number of hydrogen-bond acceptors (Lipinski definition) is 9. The molecule has 0 unspecified atom stereocenters. The van der Waals surface area contributed by atoms with Gasteiger partial charge in [0.2, 0.25) is 19.4 Å². The highest BCUT2D eigenvalue weighted by Crippen LogP contribution is 2.32. The van der Waals surface area contributed by atoms with Crippen LogP contribution < -0.4 is 14.2 Å². The van der Waals surface area contributed by atoms with Crippen LogP contribution in [0.25, 0.3) is 6.08 Å². The molecule has 1 amide bonds. The predicted molar refractivity (Wildman–Crippen MR) is 144 cm³/mol. The van der Waals surface area contributed by atoms with Crippen LogP contribution in [0.3, 0.4) is 0 Å². The number of carbonyl (C=O) groups excluding carboxylic acids is 1. The Morgan fingerprint density at radius 1 is 1.03 bits per heavy atom. The van der Waals surface area contributed by atoms with E-state index in [2.05, 4.69) is 16.2 Å². The summed E-state index contributed by atoms with van der Waals surface area (Å²) in [7, 11) is -3.60. The van der Waals surface area contributed by atoms with Crippen LogP contribution in [0.4, 0.5) is 0 Å². The Morgan fingerprint density at radius 2 is 1.73 bits per heavy atom. The topological polar surface area (TPSA) is 131 Å². The summed E-state index contributed by atoms with van der Waals surface area (Å²) in [4.78, 5) is 16.5. The Hall–Kier alpha value is -3.64. The van der Waals surface area contributed by atoms with Crippen molar-refractivity contribution in [3.8, 4) is 17.2 Å². The van der Waals surface area contributed by atoms with Crippen molar-refractivity contribution in [2.24, 2.45) is 10.1 Å². The van der Waals surface area contributed by atoms with Crippen LogP contribution >= 0.6 is 11.8 Å². The molecule has 37 heavy (non-hydrogen) atoms. The molecule has 0 radical (unpaired) electrons. The number of aryl methyl sites for hydroxylation is 2. The Kier molecular flexibility index (Phi) is 7.69. The fraction of sp³-hybridized carbons (Fsp3) is 0.280. The van der Waals surface area contributed by atoms with Crippen molar-refractivity contribution in [2.45, 2.75) is 20.8 Å². The zero-order valence-corrected chi connectivity index (χ0v) is 22.4. The number of ether oxygens (including phenoxy) is 3. The first-order valence-corrected chi connectivity index (χ1v) is 14.1. The fourth-order valence-corrected chi connectivity index (χ4v) is 5.31. The molecule has 0 saturated carbocycles. The van der Waals surface area contributed by atoms with Crippen LogP contribution in [0.5, 0.6) is 17.2 Å². The van der Waals surface area contributed by atoms with Gasteiger partial charge in [-0.2, -0.15) is 10.0 Å². The van der Waals surface area contributed by atoms with Crippen molar-refractivity contribution in [1.29, 1.82) is 5.41 Å². The Morgan fingerprint density at radius 3 is 2.41 bits per heavy atom. The average Bonchev–Trinajstić information content (AvgIpc) is 3.25. The summed E-state index contributed by atoms with van der Waals surface area (Å²) in [6.45, 7) is 6.90. The van der Waals surface area contributed by atoms with E-state index in [0.717, 1.165) is 39.9 Å². The van der Waals surface area contributed by atoms with E-state index >= 15 is 0 Å². The number of sulfone groups is 1. The minimum atomic E-state index is -3.60. The average molecular weight is 543 g/mol. The van der Waals surface area contributed by atoms with E-state index in [9.17, 15) is 13.2 Å². The van der Waals surface area contributed by atoms with E-state index in [4.69, 9.17) is 19.6 Å². The molecule has 0 aliphatic carbocycles. The molecule has 2 aliphatic rings. The Bertz CT molecular complexity index is 1440. The monoisotopic (exact) mass is 542 g/mol. The van der Waals surface area contributed by atoms with Gasteiger partial charge in [0.25, 0.3) is 5.91 Å². The lowest BCUT2D eigenvalue weighted by Gasteiger charge is -2.20. The van der Waals surface area contributed by atoms with E-state index < -0.39 is 15.7 Å². The number of hydrazone groups is 1. The SMILES string of the molecule is CCOc1cc(/C=C2\C(=N)N3N=C(S(C)(=O)=O)SC3=NC2=O)ccc1OCCOc1cc(C)cc(C)c1. The number of nitrogens with zero attached hydrogens (tertiary/aromatic N) is 3. The minimum Gasteiger partial charge on any atom is -0.490 e. The van der Waals surface area contributed by atoms with Crippen LogP contribution in [0.2, 0.25) is 0 Å². The molecule has 0 saturated heterocycles. The summed E-state index contributed by atoms with van der Waals surface area (Å²) in [6.07, 6.45) is 2.49. The zero-order chi connectivity index (χ0) is 26.7. The molecule has 4 rings (SSSR count). The smallest absolute Gasteiger partial charge is 0.283 e. The van der Waals surface area contributed by atoms with E-state index in [0.29, 0.717) is 36.9 Å². The standard InChI is InChI=1S/C25H26N4O6S2/c1-5-33-21-14-17(6-7-20(21)35-9-8-34-18-11-15(2)10-16(3)12-18)13-19-22(26)29-24(27-23(19)30)36-25(28-29)37(4,31)32/h6-7,10-14,26H,5,8-9H2,1-4H3/b19-13+,26-22?. The van der Waals surface area contributed by atoms with Gasteiger partial charge in [0.15, 0.2) is 17.3 Å². The molecule has 194 valence electrons. The molecule has 2 aliphatic heterocycles. The second kappa shape index (κ2) is 10.8. The molecule has 2 aromatic carbocycles. The molecule has 0 aromatic heterocycles. The van der Waals surface area contributed by atoms with Crippen molar-refractivity contribution < 1.29 is 27.4 Å². The van der Waals surface area contributed by atoms with Gasteiger partial charge >= 0.3 is 0 Å². The quantitative estimate of drug-likeness (QED) is 0.394. The molecular formula is C25H26N4O6S2. The number of aliphatic imine (C=N–C) groups is 1. The van der Waals surface area contributed by atoms with Crippen LogP contribution in [-0.2, 0) is 14.6 Å². The fourth-order valence-electron chi connectivity index (χ4n) is 3.62. The normalized spacial score (nSPS) is 16.4. The largest absolute Gasteiger partial charge is 0.490 e. The minimum absolute atomic E-state index is 0.0270. The third kappa shape index (κ3) is 6.20. The van der Waals surface area contributed by atoms with Crippen molar-refractivity contribution in [3.05, 3.63) is 58.7 Å². The Balaban J connectivity index is 1.48. The lowest BCUT2D eigenvalue weighted by molar-refractivity contribution is -0.114. The van der Waals surface area contributed by atoms with Crippen LogP contribution in [0.1, 0.15) is 23.6 Å². The third-order valence-electron chi connectivity index (χ3n) is 5.14. The van der Waals surface area contributed by atoms with E-state index in [1.807, 2.05) is 32.9 Å². The summed E-state index contributed by atoms with van der Waals surface area (Å²) in [6, 6.07) is 11.1. The first-order valence-electron chi connectivity index (χ1n) is 11.4. The van der Waals surface area contributed by atoms with Crippen molar-refractivity contribution in [3.63, 3.8) is 0 Å². The van der Waals surface area contributed by atoms with Gasteiger partial charge in [-0.3, -0.25) is 10.2 Å². The number of amidine groups is 2. The third-order valence-corrected chi connectivity index (χ3v) is 7.71. The highest BCUT2D eigenvalue weighted by molar-refractivity contribution is 8.42. The molecule has 0 atom stereocenters. The number of benzene rings is 2. The van der Waals surface area contributed by atoms with Crippen molar-refractivity contribution in [1.82, 2.24) is 5.01 Å². The second-order valence-electron chi connectivity index (χ2n) is 8.32. The van der Waals surface area contributed by atoms with Gasteiger partial charge in [-0.05, 0) is 79.6 Å². The number of fused-ring (bicyclic) bond motifs is 1. The molecule has 2 aromatic rings. The van der Waals surface area contributed by atoms with Gasteiger partial charge in [-0.1, -0.05) is 12.1 Å². The van der Waals surface area contributed by atoms with Gasteiger partial charge in [-0.25, -0.2) is 8.42 Å². The molecule has 0 fully saturated rings. The number of amides is 1. The lowest BCUT2D eigenvalue weighted by atomic mass is 10.1. The number of nitrogens with one attached hydrogen (secondary N) is 1. The first kappa shape index (κ1) is 26.4. The first-order chi connectivity index (χ1) is 17.5. The number of thioether (sulfide) groups is 1. The molecule has 1 N–H and O–H groups in total. The maximum atomic E-state index is 12.6. The van der Waals surface area contributed by atoms with Crippen LogP contribution in [0, 0.1) is 19.3 Å². The predicted octanol–water partition coefficient (Wildman–Crippen LogP) is 3.78. The van der Waals surface area contributed by atoms with Gasteiger partial charge in [0, 0.05) is 6.26 Å². The summed E-state index contributed by atoms with van der Waals surface area (Å²) >= 11 is 0.740. The number of hydrogen-bond donors (Lipinski definition) is 1. The van der Waals surface area contributed by atoms with Gasteiger partial charge in [0.1, 0.15) is 19.0 Å². The van der Waals surface area contributed by atoms with Gasteiger partial charge < -0.3 is 14.2 Å². The number of rotatable bonds is 8. The maximum absolute atomic E-state index is 12.6. The van der Waals surface area contributed by atoms with Gasteiger partial charge in [-0.15, -0.1) is 5.10 Å². The molecule has 10 nitrogen and oxygen atoms in total. The summed E-state index contributed by atoms with van der Waals surface area (Å²) in [5, 5.41) is 13.4. The highest BCUT2D eigenvalue weighted by Gasteiger charge is 2.38. The zero-order valence-electron chi connectivity index (χ0n) is 20.8. The summed E-state index contributed by atoms with van der Waals surface area (Å²) in [5.74, 6) is 0.842. The van der Waals surface area contributed by atoms with Crippen LogP contribution in [-0.4, -0.2) is 60.8 Å². The Labute approximate surface area is 219 Å². The van der Waals surface area contributed by atoms with E-state index in [1.165, 1.54) is 6.08 Å². The molecule has 12 heteroatoms.